The highest BCUT2D eigenvalue weighted by molar-refractivity contribution is 6.15. The predicted molar refractivity (Wildman–Crippen MR) is 189 cm³/mol. The molecule has 2 fully saturated rings. The number of amides is 1. The van der Waals surface area contributed by atoms with Crippen molar-refractivity contribution in [2.75, 3.05) is 25.9 Å². The summed E-state index contributed by atoms with van der Waals surface area (Å²) in [7, 11) is 8.25. The summed E-state index contributed by atoms with van der Waals surface area (Å²) in [6.45, 7) is 16.6. The average molecular weight is 677 g/mol. The first-order valence-electron chi connectivity index (χ1n) is 17.3. The van der Waals surface area contributed by atoms with E-state index in [0.29, 0.717) is 38.2 Å². The third-order valence-corrected chi connectivity index (χ3v) is 10.5. The summed E-state index contributed by atoms with van der Waals surface area (Å²) in [4.78, 5) is 42.5. The highest BCUT2D eigenvalue weighted by Gasteiger charge is 2.58. The fourth-order valence-electron chi connectivity index (χ4n) is 7.40. The maximum absolute atomic E-state index is 13.6. The smallest absolute Gasteiger partial charge is 0.410 e. The molecular formula is C36H53BN6O6. The Balaban J connectivity index is 1.56. The number of nitrogens with zero attached hydrogens (tertiary/aromatic N) is 4. The molecule has 49 heavy (non-hydrogen) atoms. The van der Waals surface area contributed by atoms with E-state index in [-0.39, 0.29) is 24.2 Å². The SMILES string of the molecule is [B][C@@H]1[C@@H](C)C(=O)[C@@H](C)C(=O)O[C@H](CC=C)[C@@]2(C)OC(=O)N(CCCCn3cc(-c4cccc(N)c4)nn3)[C@@H]2[C@@H](C)NC[C@H](C)C[C@@]1(C)OC. The molecular weight excluding hydrogens is 623 g/mol. The van der Waals surface area contributed by atoms with E-state index in [1.165, 1.54) is 6.92 Å². The Kier molecular flexibility index (Phi) is 12.4. The summed E-state index contributed by atoms with van der Waals surface area (Å²) in [5, 5.41) is 12.2. The number of aryl methyl sites for hydroxylation is 1. The van der Waals surface area contributed by atoms with Gasteiger partial charge in [0, 0.05) is 49.8 Å². The van der Waals surface area contributed by atoms with Crippen LogP contribution in [0.15, 0.2) is 43.1 Å². The molecule has 2 radical (unpaired) electrons. The van der Waals surface area contributed by atoms with Gasteiger partial charge in [0.05, 0.1) is 25.7 Å². The zero-order valence-corrected chi connectivity index (χ0v) is 30.1. The number of nitrogens with two attached hydrogens (primary N) is 1. The number of methoxy groups -OCH3 is 1. The van der Waals surface area contributed by atoms with Crippen molar-refractivity contribution in [3.8, 4) is 11.3 Å². The Hall–Kier alpha value is -3.71. The Morgan fingerprint density at radius 2 is 1.88 bits per heavy atom. The second-order valence-corrected chi connectivity index (χ2v) is 14.3. The fourth-order valence-corrected chi connectivity index (χ4v) is 7.40. The van der Waals surface area contributed by atoms with Gasteiger partial charge in [-0.05, 0) is 77.4 Å². The number of anilines is 1. The van der Waals surface area contributed by atoms with Crippen LogP contribution in [0.1, 0.15) is 67.2 Å². The number of unbranched alkanes of at least 4 members (excludes halogenated alkanes) is 1. The van der Waals surface area contributed by atoms with Crippen molar-refractivity contribution in [3.63, 3.8) is 0 Å². The minimum absolute atomic E-state index is 0.0998. The maximum Gasteiger partial charge on any atom is 0.410 e. The number of nitrogens with one attached hydrogen (secondary N) is 1. The van der Waals surface area contributed by atoms with E-state index in [1.54, 1.807) is 36.6 Å². The number of nitrogen functional groups attached to an aromatic ring is 1. The number of carbonyl (C=O) groups is 3. The number of Topliss-reactive ketones (excluding diaryl/α,β-unsaturated/α-hetero) is 1. The molecule has 0 spiro atoms. The lowest BCUT2D eigenvalue weighted by Gasteiger charge is -2.41. The van der Waals surface area contributed by atoms with Crippen LogP contribution < -0.4 is 11.1 Å². The number of benzene rings is 1. The molecule has 1 aromatic carbocycles. The molecule has 266 valence electrons. The molecule has 0 aliphatic carbocycles. The van der Waals surface area contributed by atoms with Gasteiger partial charge < -0.3 is 25.3 Å². The summed E-state index contributed by atoms with van der Waals surface area (Å²) in [6, 6.07) is 6.73. The molecule has 3 N–H and O–H groups in total. The normalized spacial score (nSPS) is 33.2. The number of ether oxygens (including phenoxy) is 3. The van der Waals surface area contributed by atoms with E-state index in [9.17, 15) is 14.4 Å². The van der Waals surface area contributed by atoms with E-state index in [1.807, 2.05) is 44.3 Å². The first kappa shape index (κ1) is 38.1. The number of esters is 1. The third kappa shape index (κ3) is 8.37. The molecule has 0 unspecified atom stereocenters. The molecule has 3 heterocycles. The number of fused-ring (bicyclic) bond motifs is 1. The summed E-state index contributed by atoms with van der Waals surface area (Å²) in [6.07, 6.45) is 4.34. The molecule has 0 bridgehead atoms. The molecule has 2 aliphatic rings. The van der Waals surface area contributed by atoms with E-state index in [4.69, 9.17) is 27.8 Å². The lowest BCUT2D eigenvalue weighted by molar-refractivity contribution is -0.169. The van der Waals surface area contributed by atoms with Crippen LogP contribution in [0.3, 0.4) is 0 Å². The van der Waals surface area contributed by atoms with Gasteiger partial charge in [0.2, 0.25) is 0 Å². The molecule has 2 aliphatic heterocycles. The Labute approximate surface area is 291 Å². The summed E-state index contributed by atoms with van der Waals surface area (Å²) < 4.78 is 19.9. The Bertz CT molecular complexity index is 1490. The zero-order chi connectivity index (χ0) is 36.1. The summed E-state index contributed by atoms with van der Waals surface area (Å²) in [5.74, 6) is -3.32. The number of carbonyl (C=O) groups excluding carboxylic acids is 3. The Morgan fingerprint density at radius 3 is 2.55 bits per heavy atom. The lowest BCUT2D eigenvalue weighted by Crippen LogP contribution is -2.61. The average Bonchev–Trinajstić information content (AvgIpc) is 3.65. The minimum Gasteiger partial charge on any atom is -0.457 e. The van der Waals surface area contributed by atoms with Gasteiger partial charge in [-0.25, -0.2) is 4.79 Å². The van der Waals surface area contributed by atoms with Crippen molar-refractivity contribution < 1.29 is 28.6 Å². The first-order valence-corrected chi connectivity index (χ1v) is 17.3. The van der Waals surface area contributed by atoms with Crippen molar-refractivity contribution >= 4 is 31.4 Å². The molecule has 1 amide bonds. The number of hydrogen-bond acceptors (Lipinski definition) is 10. The first-order chi connectivity index (χ1) is 23.1. The van der Waals surface area contributed by atoms with Crippen LogP contribution in [0.5, 0.6) is 0 Å². The van der Waals surface area contributed by atoms with Crippen molar-refractivity contribution in [2.24, 2.45) is 17.8 Å². The molecule has 2 saturated heterocycles. The zero-order valence-electron chi connectivity index (χ0n) is 30.1. The van der Waals surface area contributed by atoms with Crippen LogP contribution >= 0.6 is 0 Å². The van der Waals surface area contributed by atoms with Crippen molar-refractivity contribution in [2.45, 2.75) is 109 Å². The largest absolute Gasteiger partial charge is 0.457 e. The monoisotopic (exact) mass is 676 g/mol. The molecule has 12 nitrogen and oxygen atoms in total. The third-order valence-electron chi connectivity index (χ3n) is 10.5. The van der Waals surface area contributed by atoms with Crippen LogP contribution in [-0.2, 0) is 30.3 Å². The van der Waals surface area contributed by atoms with Crippen molar-refractivity contribution in [1.82, 2.24) is 25.2 Å². The van der Waals surface area contributed by atoms with E-state index < -0.39 is 53.1 Å². The van der Waals surface area contributed by atoms with Gasteiger partial charge in [-0.15, -0.1) is 11.7 Å². The number of ketones is 1. The molecule has 13 heteroatoms. The van der Waals surface area contributed by atoms with E-state index in [2.05, 4.69) is 29.1 Å². The molecule has 0 saturated carbocycles. The van der Waals surface area contributed by atoms with E-state index in [0.717, 1.165) is 17.7 Å². The number of hydrogen-bond donors (Lipinski definition) is 2. The maximum atomic E-state index is 13.6. The minimum atomic E-state index is -1.24. The van der Waals surface area contributed by atoms with Gasteiger partial charge in [0.1, 0.15) is 23.5 Å². The Morgan fingerprint density at radius 1 is 1.16 bits per heavy atom. The van der Waals surface area contributed by atoms with Crippen LogP contribution in [0.4, 0.5) is 10.5 Å². The predicted octanol–water partition coefficient (Wildman–Crippen LogP) is 4.60. The van der Waals surface area contributed by atoms with Crippen LogP contribution in [0.25, 0.3) is 11.3 Å². The fraction of sp³-hybridized carbons (Fsp3) is 0.639. The van der Waals surface area contributed by atoms with Crippen molar-refractivity contribution in [3.05, 3.63) is 43.1 Å². The van der Waals surface area contributed by atoms with Crippen LogP contribution in [0, 0.1) is 17.8 Å². The molecule has 2 aromatic rings. The van der Waals surface area contributed by atoms with Gasteiger partial charge in [-0.3, -0.25) is 19.2 Å². The topological polar surface area (TPSA) is 151 Å². The molecule has 9 atom stereocenters. The van der Waals surface area contributed by atoms with Gasteiger partial charge in [-0.2, -0.15) is 0 Å². The van der Waals surface area contributed by atoms with Crippen LogP contribution in [-0.4, -0.2) is 95.2 Å². The highest BCUT2D eigenvalue weighted by Crippen LogP contribution is 2.41. The van der Waals surface area contributed by atoms with Crippen molar-refractivity contribution in [1.29, 1.82) is 0 Å². The standard InChI is InChI=1S/C36H53BN6O6/c1-9-13-29-36(7)32(25(5)39-20-22(2)19-35(6,47-8)31(37)23(3)30(44)24(4)33(45)48-29)43(34(46)49-36)17-11-10-16-42-21-28(40-41-42)26-14-12-15-27(38)18-26/h9,12,14-15,18,21-25,29,31-32,39H,1,10-11,13,16-17,19-20,38H2,2-8H3/t22-,23+,24-,25-,29-,31-,32-,35-,36-/m1/s1. The van der Waals surface area contributed by atoms with Gasteiger partial charge in [-0.1, -0.05) is 37.3 Å². The van der Waals surface area contributed by atoms with Crippen LogP contribution in [0.2, 0.25) is 5.82 Å². The quantitative estimate of drug-likeness (QED) is 0.0964. The summed E-state index contributed by atoms with van der Waals surface area (Å²) in [5.41, 5.74) is 6.16. The number of cyclic esters (lactones) is 1. The van der Waals surface area contributed by atoms with Gasteiger partial charge in [0.15, 0.2) is 5.60 Å². The number of aromatic nitrogens is 3. The lowest BCUT2D eigenvalue weighted by atomic mass is 9.62. The number of rotatable bonds is 9. The van der Waals surface area contributed by atoms with Gasteiger partial charge >= 0.3 is 12.1 Å². The van der Waals surface area contributed by atoms with Gasteiger partial charge in [0.25, 0.3) is 0 Å². The van der Waals surface area contributed by atoms with E-state index >= 15 is 0 Å². The molecule has 1 aromatic heterocycles. The molecule has 4 rings (SSSR count). The second kappa shape index (κ2) is 15.9. The summed E-state index contributed by atoms with van der Waals surface area (Å²) >= 11 is 0. The second-order valence-electron chi connectivity index (χ2n) is 14.3. The highest BCUT2D eigenvalue weighted by atomic mass is 16.6.